The average Bonchev–Trinajstić information content (AvgIpc) is 2.74. The number of nitrogens with zero attached hydrogens (tertiary/aromatic N) is 2. The van der Waals surface area contributed by atoms with Gasteiger partial charge in [-0.2, -0.15) is 0 Å². The topological polar surface area (TPSA) is 49.7 Å². The monoisotopic (exact) mass is 394 g/mol. The van der Waals surface area contributed by atoms with Crippen LogP contribution in [0.3, 0.4) is 0 Å². The summed E-state index contributed by atoms with van der Waals surface area (Å²) in [4.78, 5) is 32.8. The van der Waals surface area contributed by atoms with Crippen molar-refractivity contribution >= 4 is 40.4 Å². The average molecular weight is 395 g/mol. The van der Waals surface area contributed by atoms with E-state index in [0.717, 1.165) is 29.1 Å². The molecule has 1 amide bonds. The molecule has 1 aliphatic heterocycles. The molecule has 2 aliphatic rings. The number of benzene rings is 2. The van der Waals surface area contributed by atoms with E-state index in [9.17, 15) is 9.59 Å². The maximum absolute atomic E-state index is 13.3. The van der Waals surface area contributed by atoms with Crippen LogP contribution in [0, 0.1) is 11.3 Å². The summed E-state index contributed by atoms with van der Waals surface area (Å²) in [6.45, 7) is 5.73. The number of carbonyl (C=O) groups excluding carboxylic acids is 2. The first-order valence-electron chi connectivity index (χ1n) is 9.51. The molecule has 1 aliphatic carbocycles. The van der Waals surface area contributed by atoms with E-state index >= 15 is 0 Å². The molecule has 2 atom stereocenters. The zero-order valence-corrected chi connectivity index (χ0v) is 17.0. The lowest BCUT2D eigenvalue weighted by Gasteiger charge is -2.40. The van der Waals surface area contributed by atoms with Gasteiger partial charge in [-0.3, -0.25) is 14.6 Å². The zero-order chi connectivity index (χ0) is 20.1. The molecule has 4 nitrogen and oxygen atoms in total. The van der Waals surface area contributed by atoms with Crippen molar-refractivity contribution in [3.8, 4) is 0 Å². The van der Waals surface area contributed by atoms with E-state index in [1.807, 2.05) is 42.5 Å². The van der Waals surface area contributed by atoms with Crippen molar-refractivity contribution in [2.75, 3.05) is 4.90 Å². The molecule has 0 N–H and O–H groups in total. The van der Waals surface area contributed by atoms with Crippen LogP contribution in [0.4, 0.5) is 11.4 Å². The Morgan fingerprint density at radius 2 is 1.89 bits per heavy atom. The van der Waals surface area contributed by atoms with Crippen LogP contribution in [0.25, 0.3) is 0 Å². The van der Waals surface area contributed by atoms with E-state index in [1.165, 1.54) is 6.92 Å². The number of amides is 1. The Labute approximate surface area is 170 Å². The van der Waals surface area contributed by atoms with E-state index in [2.05, 4.69) is 13.8 Å². The third-order valence-corrected chi connectivity index (χ3v) is 5.78. The minimum atomic E-state index is -0.470. The number of aliphatic imine (C=N–C) groups is 1. The van der Waals surface area contributed by atoms with Crippen molar-refractivity contribution in [1.29, 1.82) is 0 Å². The maximum Gasteiger partial charge on any atom is 0.224 e. The van der Waals surface area contributed by atoms with E-state index in [-0.39, 0.29) is 17.1 Å². The molecule has 2 unspecified atom stereocenters. The lowest BCUT2D eigenvalue weighted by molar-refractivity contribution is -0.124. The van der Waals surface area contributed by atoms with Gasteiger partial charge in [-0.1, -0.05) is 49.7 Å². The Bertz CT molecular complexity index is 996. The summed E-state index contributed by atoms with van der Waals surface area (Å²) in [7, 11) is 0. The van der Waals surface area contributed by atoms with Crippen LogP contribution < -0.4 is 4.90 Å². The molecule has 0 saturated heterocycles. The molecule has 0 radical (unpaired) electrons. The molecular formula is C23H23ClN2O2. The smallest absolute Gasteiger partial charge is 0.224 e. The highest BCUT2D eigenvalue weighted by Crippen LogP contribution is 2.48. The van der Waals surface area contributed by atoms with Crippen molar-refractivity contribution in [1.82, 2.24) is 0 Å². The Kier molecular flexibility index (Phi) is 4.62. The van der Waals surface area contributed by atoms with Crippen LogP contribution in [0.2, 0.25) is 5.02 Å². The second kappa shape index (κ2) is 6.85. The zero-order valence-electron chi connectivity index (χ0n) is 16.3. The van der Waals surface area contributed by atoms with Gasteiger partial charge in [0, 0.05) is 24.1 Å². The minimum Gasteiger partial charge on any atom is -0.302 e. The second-order valence-electron chi connectivity index (χ2n) is 8.44. The van der Waals surface area contributed by atoms with Crippen molar-refractivity contribution in [2.24, 2.45) is 16.3 Å². The van der Waals surface area contributed by atoms with E-state index in [0.29, 0.717) is 11.4 Å². The lowest BCUT2D eigenvalue weighted by Crippen LogP contribution is -2.46. The molecule has 28 heavy (non-hydrogen) atoms. The van der Waals surface area contributed by atoms with Crippen LogP contribution in [0.15, 0.2) is 53.5 Å². The summed E-state index contributed by atoms with van der Waals surface area (Å²) in [6, 6.07) is 14.6. The van der Waals surface area contributed by atoms with Gasteiger partial charge in [0.05, 0.1) is 23.3 Å². The summed E-state index contributed by atoms with van der Waals surface area (Å²) in [6.07, 6.45) is 1.19. The third kappa shape index (κ3) is 3.26. The molecule has 144 valence electrons. The first-order chi connectivity index (χ1) is 13.3. The van der Waals surface area contributed by atoms with Gasteiger partial charge < -0.3 is 4.90 Å². The fraction of sp³-hybridized carbons (Fsp3) is 0.348. The maximum atomic E-state index is 13.3. The highest BCUT2D eigenvalue weighted by Gasteiger charge is 2.47. The molecule has 1 fully saturated rings. The largest absolute Gasteiger partial charge is 0.302 e. The number of Topliss-reactive ketones (excluding diaryl/α,β-unsaturated/α-hetero) is 1. The standard InChI is InChI=1S/C23H23ClN2O2/c1-14(27)26-19-10-5-4-9-17(19)25-18-12-23(2,3)13-20(28)21(18)22(26)15-7-6-8-16(24)11-15/h4-11,21-22H,12-13H2,1-3H3. The van der Waals surface area contributed by atoms with Gasteiger partial charge in [-0.15, -0.1) is 0 Å². The predicted molar refractivity (Wildman–Crippen MR) is 112 cm³/mol. The second-order valence-corrected chi connectivity index (χ2v) is 8.88. The van der Waals surface area contributed by atoms with Crippen LogP contribution in [-0.4, -0.2) is 17.4 Å². The van der Waals surface area contributed by atoms with Crippen LogP contribution >= 0.6 is 11.6 Å². The van der Waals surface area contributed by atoms with Gasteiger partial charge in [0.25, 0.3) is 0 Å². The molecular weight excluding hydrogens is 372 g/mol. The number of halogens is 1. The number of fused-ring (bicyclic) bond motifs is 2. The minimum absolute atomic E-state index is 0.119. The summed E-state index contributed by atoms with van der Waals surface area (Å²) in [5.41, 5.74) is 3.01. The van der Waals surface area contributed by atoms with Crippen LogP contribution in [0.1, 0.15) is 45.2 Å². The first-order valence-corrected chi connectivity index (χ1v) is 9.89. The predicted octanol–water partition coefficient (Wildman–Crippen LogP) is 5.53. The summed E-state index contributed by atoms with van der Waals surface area (Å²) < 4.78 is 0. The number of hydrogen-bond donors (Lipinski definition) is 0. The Balaban J connectivity index is 1.99. The summed E-state index contributed by atoms with van der Waals surface area (Å²) in [5, 5.41) is 0.584. The van der Waals surface area contributed by atoms with Gasteiger partial charge >= 0.3 is 0 Å². The number of hydrogen-bond acceptors (Lipinski definition) is 3. The van der Waals surface area contributed by atoms with Gasteiger partial charge in [0.1, 0.15) is 5.78 Å². The number of anilines is 1. The highest BCUT2D eigenvalue weighted by atomic mass is 35.5. The van der Waals surface area contributed by atoms with Gasteiger partial charge in [0.2, 0.25) is 5.91 Å². The fourth-order valence-corrected chi connectivity index (χ4v) is 4.71. The quantitative estimate of drug-likeness (QED) is 0.638. The van der Waals surface area contributed by atoms with Gasteiger partial charge in [0.15, 0.2) is 0 Å². The molecule has 2 aromatic carbocycles. The molecule has 0 bridgehead atoms. The number of carbonyl (C=O) groups is 2. The third-order valence-electron chi connectivity index (χ3n) is 5.55. The van der Waals surface area contributed by atoms with Crippen molar-refractivity contribution in [3.63, 3.8) is 0 Å². The normalized spacial score (nSPS) is 23.4. The SMILES string of the molecule is CC(=O)N1c2ccccc2N=C2CC(C)(C)CC(=O)C2C1c1cccc(Cl)c1. The molecule has 1 heterocycles. The Hall–Kier alpha value is -2.46. The van der Waals surface area contributed by atoms with Crippen molar-refractivity contribution < 1.29 is 9.59 Å². The Morgan fingerprint density at radius 3 is 2.61 bits per heavy atom. The Morgan fingerprint density at radius 1 is 1.14 bits per heavy atom. The van der Waals surface area contributed by atoms with E-state index in [1.54, 1.807) is 11.0 Å². The molecule has 4 rings (SSSR count). The molecule has 5 heteroatoms. The van der Waals surface area contributed by atoms with Gasteiger partial charge in [-0.05, 0) is 41.7 Å². The fourth-order valence-electron chi connectivity index (χ4n) is 4.51. The number of para-hydroxylation sites is 2. The van der Waals surface area contributed by atoms with Crippen molar-refractivity contribution in [3.05, 3.63) is 59.1 Å². The number of rotatable bonds is 1. The van der Waals surface area contributed by atoms with E-state index in [4.69, 9.17) is 16.6 Å². The molecule has 1 saturated carbocycles. The number of ketones is 1. The molecule has 0 aromatic heterocycles. The molecule has 2 aromatic rings. The van der Waals surface area contributed by atoms with Crippen LogP contribution in [-0.2, 0) is 9.59 Å². The highest BCUT2D eigenvalue weighted by molar-refractivity contribution is 6.30. The lowest BCUT2D eigenvalue weighted by atomic mass is 9.68. The first kappa shape index (κ1) is 18.9. The summed E-state index contributed by atoms with van der Waals surface area (Å²) in [5.74, 6) is -0.465. The van der Waals surface area contributed by atoms with Gasteiger partial charge in [-0.25, -0.2) is 0 Å². The summed E-state index contributed by atoms with van der Waals surface area (Å²) >= 11 is 6.27. The van der Waals surface area contributed by atoms with E-state index < -0.39 is 12.0 Å². The van der Waals surface area contributed by atoms with Crippen LogP contribution in [0.5, 0.6) is 0 Å². The molecule has 0 spiro atoms. The van der Waals surface area contributed by atoms with Crippen molar-refractivity contribution in [2.45, 2.75) is 39.7 Å².